The molecular weight excluding hydrogens is 244 g/mol. The molecule has 98 valence electrons. The van der Waals surface area contributed by atoms with Gasteiger partial charge in [0.15, 0.2) is 0 Å². The Hall–Kier alpha value is -1.00. The summed E-state index contributed by atoms with van der Waals surface area (Å²) in [4.78, 5) is 15.2. The Labute approximate surface area is 114 Å². The zero-order valence-corrected chi connectivity index (χ0v) is 11.6. The number of thiol groups is 1. The smallest absolute Gasteiger partial charge is 0.251 e. The molecule has 1 unspecified atom stereocenters. The lowest BCUT2D eigenvalue weighted by Gasteiger charge is -2.23. The maximum absolute atomic E-state index is 12.0. The predicted molar refractivity (Wildman–Crippen MR) is 76.3 cm³/mol. The highest BCUT2D eigenvalue weighted by Gasteiger charge is 2.18. The van der Waals surface area contributed by atoms with Crippen LogP contribution in [0.4, 0.5) is 0 Å². The molecule has 1 aliphatic rings. The Balaban J connectivity index is 1.84. The molecule has 0 bridgehead atoms. The Morgan fingerprint density at radius 2 is 2.17 bits per heavy atom. The van der Waals surface area contributed by atoms with E-state index in [4.69, 9.17) is 0 Å². The van der Waals surface area contributed by atoms with Gasteiger partial charge in [0.05, 0.1) is 0 Å². The molecule has 1 N–H and O–H groups in total. The minimum Gasteiger partial charge on any atom is -0.350 e. The second-order valence-corrected chi connectivity index (χ2v) is 5.37. The highest BCUT2D eigenvalue weighted by molar-refractivity contribution is 7.80. The number of nitrogens with zero attached hydrogens (tertiary/aromatic N) is 1. The molecule has 1 aromatic carbocycles. The van der Waals surface area contributed by atoms with Crippen molar-refractivity contribution in [2.24, 2.45) is 0 Å². The van der Waals surface area contributed by atoms with Crippen LogP contribution in [0.2, 0.25) is 0 Å². The molecule has 0 spiro atoms. The highest BCUT2D eigenvalue weighted by atomic mass is 32.1. The van der Waals surface area contributed by atoms with Crippen molar-refractivity contribution in [3.63, 3.8) is 0 Å². The lowest BCUT2D eigenvalue weighted by atomic mass is 10.2. The Bertz CT molecular complexity index is 416. The molecule has 1 atom stereocenters. The molecule has 0 aliphatic carbocycles. The zero-order chi connectivity index (χ0) is 13.0. The first-order valence-corrected chi connectivity index (χ1v) is 6.93. The van der Waals surface area contributed by atoms with E-state index < -0.39 is 0 Å². The van der Waals surface area contributed by atoms with Gasteiger partial charge in [0.1, 0.15) is 0 Å². The zero-order valence-electron chi connectivity index (χ0n) is 10.7. The molecule has 3 nitrogen and oxygen atoms in total. The van der Waals surface area contributed by atoms with Crippen LogP contribution in [0.3, 0.4) is 0 Å². The first-order chi connectivity index (χ1) is 8.66. The molecule has 0 saturated carbocycles. The average Bonchev–Trinajstić information content (AvgIpc) is 2.89. The van der Waals surface area contributed by atoms with Gasteiger partial charge in [-0.05, 0) is 51.1 Å². The van der Waals surface area contributed by atoms with E-state index >= 15 is 0 Å². The number of carbonyl (C=O) groups excluding carboxylic acids is 1. The van der Waals surface area contributed by atoms with E-state index in [-0.39, 0.29) is 5.91 Å². The van der Waals surface area contributed by atoms with E-state index in [9.17, 15) is 4.79 Å². The maximum Gasteiger partial charge on any atom is 0.251 e. The molecular formula is C14H20N2OS. The van der Waals surface area contributed by atoms with Gasteiger partial charge in [-0.2, -0.15) is 0 Å². The van der Waals surface area contributed by atoms with Crippen LogP contribution < -0.4 is 5.32 Å². The minimum absolute atomic E-state index is 0.0167. The number of carbonyl (C=O) groups is 1. The third-order valence-corrected chi connectivity index (χ3v) is 3.71. The molecule has 0 aromatic heterocycles. The molecule has 2 rings (SSSR count). The molecule has 1 fully saturated rings. The number of amides is 1. The van der Waals surface area contributed by atoms with Gasteiger partial charge in [-0.3, -0.25) is 9.69 Å². The quantitative estimate of drug-likeness (QED) is 0.817. The Morgan fingerprint density at radius 1 is 1.44 bits per heavy atom. The molecule has 18 heavy (non-hydrogen) atoms. The number of nitrogens with one attached hydrogen (secondary N) is 1. The molecule has 1 aliphatic heterocycles. The van der Waals surface area contributed by atoms with Crippen molar-refractivity contribution in [2.75, 3.05) is 19.6 Å². The lowest BCUT2D eigenvalue weighted by Crippen LogP contribution is -2.40. The molecule has 1 aromatic rings. The van der Waals surface area contributed by atoms with Crippen LogP contribution in [0.15, 0.2) is 29.2 Å². The summed E-state index contributed by atoms with van der Waals surface area (Å²) in [5.41, 5.74) is 0.677. The summed E-state index contributed by atoms with van der Waals surface area (Å²) < 4.78 is 0. The Morgan fingerprint density at radius 3 is 2.83 bits per heavy atom. The fourth-order valence-electron chi connectivity index (χ4n) is 2.30. The first kappa shape index (κ1) is 13.4. The number of hydrogen-bond acceptors (Lipinski definition) is 3. The van der Waals surface area contributed by atoms with Gasteiger partial charge in [0.2, 0.25) is 0 Å². The summed E-state index contributed by atoms with van der Waals surface area (Å²) in [6.45, 7) is 5.18. The summed E-state index contributed by atoms with van der Waals surface area (Å²) in [7, 11) is 0. The summed E-state index contributed by atoms with van der Waals surface area (Å²) in [6, 6.07) is 7.73. The van der Waals surface area contributed by atoms with Crippen LogP contribution >= 0.6 is 12.6 Å². The largest absolute Gasteiger partial charge is 0.350 e. The van der Waals surface area contributed by atoms with Gasteiger partial charge >= 0.3 is 0 Å². The molecule has 0 radical (unpaired) electrons. The summed E-state index contributed by atoms with van der Waals surface area (Å²) in [5, 5.41) is 2.99. The molecule has 1 saturated heterocycles. The van der Waals surface area contributed by atoms with Gasteiger partial charge in [-0.25, -0.2) is 0 Å². The van der Waals surface area contributed by atoms with Crippen molar-refractivity contribution >= 4 is 18.5 Å². The second-order valence-electron chi connectivity index (χ2n) is 4.85. The van der Waals surface area contributed by atoms with Crippen molar-refractivity contribution in [1.29, 1.82) is 0 Å². The highest BCUT2D eigenvalue weighted by Crippen LogP contribution is 2.11. The van der Waals surface area contributed by atoms with Crippen LogP contribution in [0.1, 0.15) is 30.1 Å². The third-order valence-electron chi connectivity index (χ3n) is 3.43. The number of hydrogen-bond donors (Lipinski definition) is 2. The van der Waals surface area contributed by atoms with E-state index in [1.54, 1.807) is 6.07 Å². The number of rotatable bonds is 4. The molecule has 1 amide bonds. The van der Waals surface area contributed by atoms with Crippen LogP contribution in [-0.2, 0) is 0 Å². The molecule has 4 heteroatoms. The minimum atomic E-state index is -0.0167. The van der Waals surface area contributed by atoms with E-state index in [2.05, 4.69) is 29.8 Å². The fourth-order valence-corrected chi connectivity index (χ4v) is 2.53. The second kappa shape index (κ2) is 6.25. The normalized spacial score (nSPS) is 17.7. The third kappa shape index (κ3) is 3.50. The fraction of sp³-hybridized carbons (Fsp3) is 0.500. The van der Waals surface area contributed by atoms with Gasteiger partial charge < -0.3 is 5.32 Å². The summed E-state index contributed by atoms with van der Waals surface area (Å²) in [5.74, 6) is -0.0167. The van der Waals surface area contributed by atoms with E-state index in [0.717, 1.165) is 18.0 Å². The van der Waals surface area contributed by atoms with Crippen LogP contribution in [0.25, 0.3) is 0 Å². The van der Waals surface area contributed by atoms with Crippen molar-refractivity contribution in [3.05, 3.63) is 29.8 Å². The topological polar surface area (TPSA) is 32.3 Å². The number of likely N-dealkylation sites (tertiary alicyclic amines) is 1. The SMILES string of the molecule is CC(CNC(=O)c1cccc(S)c1)N1CCCC1. The van der Waals surface area contributed by atoms with E-state index in [0.29, 0.717) is 18.2 Å². The first-order valence-electron chi connectivity index (χ1n) is 6.48. The average molecular weight is 264 g/mol. The van der Waals surface area contributed by atoms with Gasteiger partial charge in [-0.1, -0.05) is 6.07 Å². The lowest BCUT2D eigenvalue weighted by molar-refractivity contribution is 0.0940. The van der Waals surface area contributed by atoms with E-state index in [1.807, 2.05) is 18.2 Å². The Kier molecular flexibility index (Phi) is 4.66. The van der Waals surface area contributed by atoms with Crippen molar-refractivity contribution in [1.82, 2.24) is 10.2 Å². The van der Waals surface area contributed by atoms with E-state index in [1.165, 1.54) is 12.8 Å². The van der Waals surface area contributed by atoms with Crippen LogP contribution in [0.5, 0.6) is 0 Å². The number of benzene rings is 1. The molecule has 1 heterocycles. The van der Waals surface area contributed by atoms with Crippen LogP contribution in [0, 0.1) is 0 Å². The van der Waals surface area contributed by atoms with Crippen molar-refractivity contribution in [2.45, 2.75) is 30.7 Å². The van der Waals surface area contributed by atoms with Crippen molar-refractivity contribution < 1.29 is 4.79 Å². The maximum atomic E-state index is 12.0. The van der Waals surface area contributed by atoms with Crippen molar-refractivity contribution in [3.8, 4) is 0 Å². The predicted octanol–water partition coefficient (Wildman–Crippen LogP) is 2.19. The monoisotopic (exact) mass is 264 g/mol. The van der Waals surface area contributed by atoms with Crippen LogP contribution in [-0.4, -0.2) is 36.5 Å². The standard InChI is InChI=1S/C14H20N2OS/c1-11(16-7-2-3-8-16)10-15-14(17)12-5-4-6-13(18)9-12/h4-6,9,11,18H,2-3,7-8,10H2,1H3,(H,15,17). The van der Waals surface area contributed by atoms with Gasteiger partial charge in [0, 0.05) is 23.0 Å². The van der Waals surface area contributed by atoms with Gasteiger partial charge in [-0.15, -0.1) is 12.6 Å². The summed E-state index contributed by atoms with van der Waals surface area (Å²) in [6.07, 6.45) is 2.56. The van der Waals surface area contributed by atoms with Gasteiger partial charge in [0.25, 0.3) is 5.91 Å². The summed E-state index contributed by atoms with van der Waals surface area (Å²) >= 11 is 4.24.